The molecule has 1 nitrogen and oxygen atoms in total. The van der Waals surface area contributed by atoms with Gasteiger partial charge in [-0.3, -0.25) is 0 Å². The van der Waals surface area contributed by atoms with Crippen molar-refractivity contribution in [1.82, 2.24) is 0 Å². The number of hydrogen-bond acceptors (Lipinski definition) is 1. The summed E-state index contributed by atoms with van der Waals surface area (Å²) in [6, 6.07) is 7.09. The predicted octanol–water partition coefficient (Wildman–Crippen LogP) is 4.04. The van der Waals surface area contributed by atoms with Crippen LogP contribution in [-0.4, -0.2) is 5.11 Å². The fourth-order valence-electron chi connectivity index (χ4n) is 1.61. The number of aryl methyl sites for hydroxylation is 1. The third kappa shape index (κ3) is 4.90. The standard InChI is InChI=1S/C7H8O.C6H12/c1-6-2-4-7(8)5-3-6;1-2-4-6-5-3-1/h2-5,8H,1H3;1-6H2. The zero-order chi connectivity index (χ0) is 10.2. The zero-order valence-corrected chi connectivity index (χ0v) is 9.00. The topological polar surface area (TPSA) is 20.2 Å². The molecular formula is C13H20O. The molecule has 1 aromatic carbocycles. The van der Waals surface area contributed by atoms with Gasteiger partial charge in [0, 0.05) is 0 Å². The summed E-state index contributed by atoms with van der Waals surface area (Å²) < 4.78 is 0. The Bertz CT molecular complexity index is 201. The van der Waals surface area contributed by atoms with E-state index < -0.39 is 0 Å². The quantitative estimate of drug-likeness (QED) is 0.657. The van der Waals surface area contributed by atoms with E-state index in [0.717, 1.165) is 0 Å². The van der Waals surface area contributed by atoms with Gasteiger partial charge in [0.15, 0.2) is 0 Å². The third-order valence-corrected chi connectivity index (χ3v) is 2.53. The summed E-state index contributed by atoms with van der Waals surface area (Å²) in [6.45, 7) is 1.99. The lowest BCUT2D eigenvalue weighted by Gasteiger charge is -2.05. The molecule has 0 aliphatic heterocycles. The summed E-state index contributed by atoms with van der Waals surface area (Å²) in [5.41, 5.74) is 1.17. The maximum atomic E-state index is 8.76. The minimum atomic E-state index is 0.329. The summed E-state index contributed by atoms with van der Waals surface area (Å²) in [7, 11) is 0. The largest absolute Gasteiger partial charge is 0.508 e. The van der Waals surface area contributed by atoms with E-state index in [9.17, 15) is 0 Å². The van der Waals surface area contributed by atoms with Crippen molar-refractivity contribution in [3.05, 3.63) is 29.8 Å². The minimum Gasteiger partial charge on any atom is -0.508 e. The number of phenolic OH excluding ortho intramolecular Hbond substituents is 1. The first-order chi connectivity index (χ1) is 6.79. The van der Waals surface area contributed by atoms with Crippen molar-refractivity contribution in [1.29, 1.82) is 0 Å². The van der Waals surface area contributed by atoms with E-state index in [1.807, 2.05) is 19.1 Å². The van der Waals surface area contributed by atoms with E-state index in [2.05, 4.69) is 0 Å². The lowest BCUT2D eigenvalue weighted by atomic mass is 10.0. The highest BCUT2D eigenvalue weighted by molar-refractivity contribution is 5.24. The summed E-state index contributed by atoms with van der Waals surface area (Å²) in [5, 5.41) is 8.76. The molecule has 1 aromatic rings. The van der Waals surface area contributed by atoms with Crippen LogP contribution in [0.15, 0.2) is 24.3 Å². The van der Waals surface area contributed by atoms with Crippen molar-refractivity contribution in [2.45, 2.75) is 45.4 Å². The van der Waals surface area contributed by atoms with Crippen molar-refractivity contribution >= 4 is 0 Å². The van der Waals surface area contributed by atoms with Crippen LogP contribution in [0.5, 0.6) is 5.75 Å². The van der Waals surface area contributed by atoms with E-state index in [1.165, 1.54) is 44.1 Å². The Morgan fingerprint density at radius 3 is 1.43 bits per heavy atom. The van der Waals surface area contributed by atoms with E-state index in [0.29, 0.717) is 5.75 Å². The molecule has 0 atom stereocenters. The van der Waals surface area contributed by atoms with Crippen LogP contribution >= 0.6 is 0 Å². The smallest absolute Gasteiger partial charge is 0.115 e. The molecule has 14 heavy (non-hydrogen) atoms. The van der Waals surface area contributed by atoms with Gasteiger partial charge in [-0.05, 0) is 19.1 Å². The van der Waals surface area contributed by atoms with Crippen molar-refractivity contribution in [2.24, 2.45) is 0 Å². The molecule has 0 radical (unpaired) electrons. The van der Waals surface area contributed by atoms with Gasteiger partial charge >= 0.3 is 0 Å². The lowest BCUT2D eigenvalue weighted by molar-refractivity contribution is 0.475. The van der Waals surface area contributed by atoms with E-state index in [4.69, 9.17) is 5.11 Å². The van der Waals surface area contributed by atoms with Crippen LogP contribution in [0.2, 0.25) is 0 Å². The number of benzene rings is 1. The van der Waals surface area contributed by atoms with Crippen LogP contribution in [0.4, 0.5) is 0 Å². The second kappa shape index (κ2) is 6.47. The van der Waals surface area contributed by atoms with E-state index >= 15 is 0 Å². The summed E-state index contributed by atoms with van der Waals surface area (Å²) >= 11 is 0. The molecule has 1 N–H and O–H groups in total. The molecule has 1 heteroatoms. The molecule has 0 unspecified atom stereocenters. The Morgan fingerprint density at radius 2 is 1.14 bits per heavy atom. The van der Waals surface area contributed by atoms with Crippen LogP contribution in [0.1, 0.15) is 44.1 Å². The van der Waals surface area contributed by atoms with Gasteiger partial charge in [0.05, 0.1) is 0 Å². The molecule has 78 valence electrons. The highest BCUT2D eigenvalue weighted by atomic mass is 16.3. The minimum absolute atomic E-state index is 0.329. The molecule has 0 amide bonds. The first-order valence-electron chi connectivity index (χ1n) is 5.54. The van der Waals surface area contributed by atoms with E-state index in [-0.39, 0.29) is 0 Å². The molecule has 0 saturated heterocycles. The normalized spacial score (nSPS) is 15.5. The fraction of sp³-hybridized carbons (Fsp3) is 0.538. The Morgan fingerprint density at radius 1 is 0.786 bits per heavy atom. The van der Waals surface area contributed by atoms with Gasteiger partial charge in [-0.1, -0.05) is 56.2 Å². The van der Waals surface area contributed by atoms with Crippen LogP contribution < -0.4 is 0 Å². The van der Waals surface area contributed by atoms with Crippen LogP contribution in [-0.2, 0) is 0 Å². The van der Waals surface area contributed by atoms with Gasteiger partial charge in [0.25, 0.3) is 0 Å². The third-order valence-electron chi connectivity index (χ3n) is 2.53. The van der Waals surface area contributed by atoms with Gasteiger partial charge < -0.3 is 5.11 Å². The van der Waals surface area contributed by atoms with Crippen LogP contribution in [0.25, 0.3) is 0 Å². The van der Waals surface area contributed by atoms with Crippen molar-refractivity contribution in [3.63, 3.8) is 0 Å². The summed E-state index contributed by atoms with van der Waals surface area (Å²) in [6.07, 6.45) is 9.00. The first-order valence-corrected chi connectivity index (χ1v) is 5.54. The monoisotopic (exact) mass is 192 g/mol. The summed E-state index contributed by atoms with van der Waals surface area (Å²) in [5.74, 6) is 0.329. The maximum absolute atomic E-state index is 8.76. The Balaban J connectivity index is 0.000000146. The van der Waals surface area contributed by atoms with Crippen molar-refractivity contribution in [3.8, 4) is 5.75 Å². The molecule has 0 bridgehead atoms. The Hall–Kier alpha value is -0.980. The van der Waals surface area contributed by atoms with Crippen molar-refractivity contribution in [2.75, 3.05) is 0 Å². The lowest BCUT2D eigenvalue weighted by Crippen LogP contribution is -1.85. The fourth-order valence-corrected chi connectivity index (χ4v) is 1.61. The number of aromatic hydroxyl groups is 1. The highest BCUT2D eigenvalue weighted by Crippen LogP contribution is 2.15. The molecule has 2 rings (SSSR count). The van der Waals surface area contributed by atoms with Gasteiger partial charge in [-0.2, -0.15) is 0 Å². The van der Waals surface area contributed by atoms with Gasteiger partial charge in [0.1, 0.15) is 5.75 Å². The van der Waals surface area contributed by atoms with Gasteiger partial charge in [-0.15, -0.1) is 0 Å². The maximum Gasteiger partial charge on any atom is 0.115 e. The van der Waals surface area contributed by atoms with Crippen LogP contribution in [0.3, 0.4) is 0 Å². The number of rotatable bonds is 0. The Labute approximate surface area is 86.8 Å². The molecule has 0 spiro atoms. The van der Waals surface area contributed by atoms with Crippen molar-refractivity contribution < 1.29 is 5.11 Å². The van der Waals surface area contributed by atoms with Crippen LogP contribution in [0, 0.1) is 6.92 Å². The first kappa shape index (κ1) is 11.1. The second-order valence-electron chi connectivity index (χ2n) is 3.96. The second-order valence-corrected chi connectivity index (χ2v) is 3.96. The highest BCUT2D eigenvalue weighted by Gasteiger charge is 1.95. The molecule has 1 aliphatic carbocycles. The van der Waals surface area contributed by atoms with E-state index in [1.54, 1.807) is 12.1 Å². The predicted molar refractivity (Wildman–Crippen MR) is 60.5 cm³/mol. The molecule has 1 saturated carbocycles. The molecular weight excluding hydrogens is 172 g/mol. The average Bonchev–Trinajstić information content (AvgIpc) is 2.26. The number of hydrogen-bond donors (Lipinski definition) is 1. The molecule has 0 heterocycles. The summed E-state index contributed by atoms with van der Waals surface area (Å²) in [4.78, 5) is 0. The molecule has 1 aliphatic rings. The molecule has 0 aromatic heterocycles. The zero-order valence-electron chi connectivity index (χ0n) is 9.00. The molecule has 1 fully saturated rings. The number of phenols is 1. The Kier molecular flexibility index (Phi) is 5.13. The van der Waals surface area contributed by atoms with Gasteiger partial charge in [0.2, 0.25) is 0 Å². The van der Waals surface area contributed by atoms with Gasteiger partial charge in [-0.25, -0.2) is 0 Å². The SMILES string of the molecule is C1CCCCC1.Cc1ccc(O)cc1. The average molecular weight is 192 g/mol.